The molecule has 0 radical (unpaired) electrons. The second-order valence-corrected chi connectivity index (χ2v) is 10.5. The van der Waals surface area contributed by atoms with Crippen molar-refractivity contribution in [2.45, 2.75) is 44.3 Å². The Morgan fingerprint density at radius 1 is 1.05 bits per heavy atom. The predicted molar refractivity (Wildman–Crippen MR) is 137 cm³/mol. The number of amides is 1. The van der Waals surface area contributed by atoms with Crippen molar-refractivity contribution in [3.63, 3.8) is 0 Å². The van der Waals surface area contributed by atoms with Crippen LogP contribution in [0.1, 0.15) is 42.9 Å². The second-order valence-electron chi connectivity index (χ2n) is 9.21. The lowest BCUT2D eigenvalue weighted by molar-refractivity contribution is -0.165. The molecule has 198 valence electrons. The molecule has 38 heavy (non-hydrogen) atoms. The zero-order chi connectivity index (χ0) is 27.4. The minimum absolute atomic E-state index is 0.0131. The molecule has 1 amide bonds. The van der Waals surface area contributed by atoms with Gasteiger partial charge in [-0.05, 0) is 57.0 Å². The molecular formula is C25H19Cl3F3N5O2. The fourth-order valence-corrected chi connectivity index (χ4v) is 4.69. The molecule has 13 heteroatoms. The van der Waals surface area contributed by atoms with Crippen molar-refractivity contribution in [1.29, 1.82) is 0 Å². The first kappa shape index (κ1) is 26.5. The standard InChI is InChI=1S/C25H19Cl3F3N5O2/c1-12(2)32-21(37)18-19(22-33-34-23(38-22)24(9-10-24)25(29,30)31)35-36(17-8-7-15(27)11-16(17)28)20(18)13-3-5-14(26)6-4-13/h3-8,11-12H,9-10H2,1-2H3,(H,32,37). The Bertz CT molecular complexity index is 1530. The van der Waals surface area contributed by atoms with E-state index in [9.17, 15) is 18.0 Å². The lowest BCUT2D eigenvalue weighted by Gasteiger charge is -2.14. The molecule has 5 rings (SSSR count). The molecule has 0 aliphatic heterocycles. The van der Waals surface area contributed by atoms with Gasteiger partial charge >= 0.3 is 6.18 Å². The minimum Gasteiger partial charge on any atom is -0.418 e. The quantitative estimate of drug-likeness (QED) is 0.257. The van der Waals surface area contributed by atoms with Crippen molar-refractivity contribution in [3.05, 3.63) is 69.0 Å². The van der Waals surface area contributed by atoms with Crippen LogP contribution in [0.5, 0.6) is 0 Å². The van der Waals surface area contributed by atoms with Crippen LogP contribution in [-0.4, -0.2) is 38.1 Å². The van der Waals surface area contributed by atoms with E-state index < -0.39 is 23.4 Å². The zero-order valence-electron chi connectivity index (χ0n) is 19.9. The smallest absolute Gasteiger partial charge is 0.403 e. The van der Waals surface area contributed by atoms with Gasteiger partial charge < -0.3 is 9.73 Å². The Balaban J connectivity index is 1.78. The van der Waals surface area contributed by atoms with Gasteiger partial charge in [-0.1, -0.05) is 46.9 Å². The number of hydrogen-bond donors (Lipinski definition) is 1. The summed E-state index contributed by atoms with van der Waals surface area (Å²) in [4.78, 5) is 13.6. The Morgan fingerprint density at radius 3 is 2.29 bits per heavy atom. The summed E-state index contributed by atoms with van der Waals surface area (Å²) in [5.74, 6) is -1.45. The highest BCUT2D eigenvalue weighted by Gasteiger charge is 2.68. The second kappa shape index (κ2) is 9.59. The van der Waals surface area contributed by atoms with E-state index in [1.165, 1.54) is 10.7 Å². The lowest BCUT2D eigenvalue weighted by Crippen LogP contribution is -2.30. The highest BCUT2D eigenvalue weighted by molar-refractivity contribution is 6.35. The largest absolute Gasteiger partial charge is 0.418 e. The number of hydrogen-bond acceptors (Lipinski definition) is 5. The summed E-state index contributed by atoms with van der Waals surface area (Å²) < 4.78 is 48.1. The third kappa shape index (κ3) is 4.65. The van der Waals surface area contributed by atoms with Gasteiger partial charge in [0.25, 0.3) is 11.8 Å². The Hall–Kier alpha value is -3.08. The van der Waals surface area contributed by atoms with Crippen molar-refractivity contribution in [3.8, 4) is 28.5 Å². The van der Waals surface area contributed by atoms with E-state index in [0.29, 0.717) is 21.3 Å². The van der Waals surface area contributed by atoms with Gasteiger partial charge in [-0.25, -0.2) is 4.68 Å². The van der Waals surface area contributed by atoms with E-state index in [0.717, 1.165) is 0 Å². The molecule has 2 aromatic heterocycles. The van der Waals surface area contributed by atoms with E-state index in [1.807, 2.05) is 0 Å². The van der Waals surface area contributed by atoms with Gasteiger partial charge in [0.15, 0.2) is 5.69 Å². The number of benzene rings is 2. The number of rotatable bonds is 6. The molecule has 2 aromatic carbocycles. The van der Waals surface area contributed by atoms with Crippen LogP contribution < -0.4 is 5.32 Å². The maximum absolute atomic E-state index is 13.7. The van der Waals surface area contributed by atoms with E-state index in [1.54, 1.807) is 50.2 Å². The van der Waals surface area contributed by atoms with Gasteiger partial charge in [0.05, 0.1) is 22.0 Å². The fourth-order valence-electron chi connectivity index (χ4n) is 4.07. The molecule has 1 fully saturated rings. The van der Waals surface area contributed by atoms with Gasteiger partial charge in [-0.15, -0.1) is 10.2 Å². The average Bonchev–Trinajstić information content (AvgIpc) is 3.35. The van der Waals surface area contributed by atoms with E-state index in [4.69, 9.17) is 39.2 Å². The minimum atomic E-state index is -4.56. The SMILES string of the molecule is CC(C)NC(=O)c1c(-c2nnc(C3(C(F)(F)F)CC3)o2)nn(-c2ccc(Cl)cc2Cl)c1-c1ccc(Cl)cc1. The first-order chi connectivity index (χ1) is 17.9. The summed E-state index contributed by atoms with van der Waals surface area (Å²) in [7, 11) is 0. The summed E-state index contributed by atoms with van der Waals surface area (Å²) in [6, 6.07) is 11.1. The molecule has 1 saturated carbocycles. The Labute approximate surface area is 229 Å². The van der Waals surface area contributed by atoms with Crippen molar-refractivity contribution < 1.29 is 22.4 Å². The van der Waals surface area contributed by atoms with Crippen LogP contribution in [-0.2, 0) is 5.41 Å². The number of alkyl halides is 3. The van der Waals surface area contributed by atoms with Gasteiger partial charge in [0, 0.05) is 21.7 Å². The number of halogens is 6. The molecule has 2 heterocycles. The first-order valence-electron chi connectivity index (χ1n) is 11.5. The van der Waals surface area contributed by atoms with Crippen LogP contribution in [0.15, 0.2) is 46.9 Å². The van der Waals surface area contributed by atoms with Crippen LogP contribution in [0.25, 0.3) is 28.5 Å². The molecule has 1 aliphatic rings. The van der Waals surface area contributed by atoms with Crippen molar-refractivity contribution in [2.75, 3.05) is 0 Å². The molecule has 0 saturated heterocycles. The maximum atomic E-state index is 13.7. The third-order valence-corrected chi connectivity index (χ3v) is 6.91. The first-order valence-corrected chi connectivity index (χ1v) is 12.6. The van der Waals surface area contributed by atoms with Crippen LogP contribution in [0, 0.1) is 0 Å². The van der Waals surface area contributed by atoms with Gasteiger partial charge in [-0.3, -0.25) is 4.79 Å². The lowest BCUT2D eigenvalue weighted by atomic mass is 10.0. The third-order valence-electron chi connectivity index (χ3n) is 6.12. The zero-order valence-corrected chi connectivity index (χ0v) is 22.2. The van der Waals surface area contributed by atoms with Crippen LogP contribution in [0.3, 0.4) is 0 Å². The van der Waals surface area contributed by atoms with Gasteiger partial charge in [0.2, 0.25) is 5.89 Å². The van der Waals surface area contributed by atoms with Crippen molar-refractivity contribution in [2.24, 2.45) is 0 Å². The molecular weight excluding hydrogens is 566 g/mol. The van der Waals surface area contributed by atoms with Crippen molar-refractivity contribution in [1.82, 2.24) is 25.3 Å². The average molecular weight is 585 g/mol. The monoisotopic (exact) mass is 583 g/mol. The molecule has 0 bridgehead atoms. The molecule has 1 N–H and O–H groups in total. The highest BCUT2D eigenvalue weighted by atomic mass is 35.5. The number of carbonyl (C=O) groups excluding carboxylic acids is 1. The summed E-state index contributed by atoms with van der Waals surface area (Å²) in [5.41, 5.74) is -1.10. The number of nitrogens with zero attached hydrogens (tertiary/aromatic N) is 4. The molecule has 0 spiro atoms. The molecule has 7 nitrogen and oxygen atoms in total. The Kier molecular flexibility index (Phi) is 6.69. The van der Waals surface area contributed by atoms with Crippen molar-refractivity contribution >= 4 is 40.7 Å². The Morgan fingerprint density at radius 2 is 1.71 bits per heavy atom. The summed E-state index contributed by atoms with van der Waals surface area (Å²) in [6.45, 7) is 3.54. The molecule has 1 aliphatic carbocycles. The van der Waals surface area contributed by atoms with E-state index >= 15 is 0 Å². The van der Waals surface area contributed by atoms with Crippen LogP contribution in [0.4, 0.5) is 13.2 Å². The topological polar surface area (TPSA) is 85.8 Å². The number of nitrogens with one attached hydrogen (secondary N) is 1. The highest BCUT2D eigenvalue weighted by Crippen LogP contribution is 2.58. The van der Waals surface area contributed by atoms with Crippen LogP contribution >= 0.6 is 34.8 Å². The van der Waals surface area contributed by atoms with E-state index in [-0.39, 0.29) is 46.7 Å². The summed E-state index contributed by atoms with van der Waals surface area (Å²) in [6.07, 6.45) is -4.88. The predicted octanol–water partition coefficient (Wildman–Crippen LogP) is 7.28. The fraction of sp³-hybridized carbons (Fsp3) is 0.280. The summed E-state index contributed by atoms with van der Waals surface area (Å²) in [5, 5.41) is 16.0. The molecule has 0 atom stereocenters. The molecule has 0 unspecified atom stereocenters. The number of carbonyl (C=O) groups is 1. The number of aromatic nitrogens is 4. The van der Waals surface area contributed by atoms with Gasteiger partial charge in [0.1, 0.15) is 5.41 Å². The molecule has 4 aromatic rings. The summed E-state index contributed by atoms with van der Waals surface area (Å²) >= 11 is 18.7. The van der Waals surface area contributed by atoms with Gasteiger partial charge in [-0.2, -0.15) is 18.3 Å². The normalized spacial score (nSPS) is 14.7. The maximum Gasteiger partial charge on any atom is 0.403 e. The van der Waals surface area contributed by atoms with Crippen LogP contribution in [0.2, 0.25) is 15.1 Å². The van der Waals surface area contributed by atoms with E-state index in [2.05, 4.69) is 20.6 Å².